The van der Waals surface area contributed by atoms with E-state index >= 15 is 0 Å². The van der Waals surface area contributed by atoms with Gasteiger partial charge in [-0.05, 0) is 20.8 Å². The molecule has 0 atom stereocenters. The zero-order valence-corrected chi connectivity index (χ0v) is 10.1. The minimum atomic E-state index is -1.06. The van der Waals surface area contributed by atoms with E-state index in [0.29, 0.717) is 0 Å². The Morgan fingerprint density at radius 3 is 2.00 bits per heavy atom. The molecule has 0 aromatic heterocycles. The van der Waals surface area contributed by atoms with E-state index in [-0.39, 0.29) is 63.5 Å². The Bertz CT molecular complexity index is 109. The molecule has 0 heterocycles. The number of carboxylic acids is 1. The summed E-state index contributed by atoms with van der Waals surface area (Å²) in [5.74, 6) is -1.06. The molecular formula is C6H12KNO2. The number of aliphatic carboxylic acids is 1. The molecule has 0 aromatic rings. The van der Waals surface area contributed by atoms with Crippen molar-refractivity contribution >= 4 is 5.97 Å². The van der Waals surface area contributed by atoms with E-state index in [1.807, 2.05) is 20.8 Å². The fourth-order valence-electron chi connectivity index (χ4n) is 0.337. The first-order valence-corrected chi connectivity index (χ1v) is 2.87. The van der Waals surface area contributed by atoms with E-state index in [1.54, 1.807) is 0 Å². The molecule has 0 spiro atoms. The monoisotopic (exact) mass is 169 g/mol. The quantitative estimate of drug-likeness (QED) is 0.430. The van der Waals surface area contributed by atoms with Crippen molar-refractivity contribution in [3.05, 3.63) is 0 Å². The first-order valence-electron chi connectivity index (χ1n) is 2.87. The zero-order valence-electron chi connectivity index (χ0n) is 7.02. The third-order valence-electron chi connectivity index (χ3n) is 0.763. The normalized spacial score (nSPS) is 10.3. The summed E-state index contributed by atoms with van der Waals surface area (Å²) in [6.45, 7) is 5.62. The molecule has 54 valence electrons. The van der Waals surface area contributed by atoms with Gasteiger partial charge in [-0.3, -0.25) is 0 Å². The van der Waals surface area contributed by atoms with Gasteiger partial charge in [-0.15, -0.1) is 0 Å². The second-order valence-corrected chi connectivity index (χ2v) is 2.98. The van der Waals surface area contributed by atoms with Crippen LogP contribution in [0.15, 0.2) is 0 Å². The van der Waals surface area contributed by atoms with E-state index in [9.17, 15) is 9.90 Å². The standard InChI is InChI=1S/C6H13NO2.K/c1-6(2,3)7-4-5(8)9;/h7H,4H2,1-3H3,(H,8,9);/q;+1/p-1. The topological polar surface area (TPSA) is 52.2 Å². The minimum absolute atomic E-state index is 0. The van der Waals surface area contributed by atoms with Crippen LogP contribution in [0.2, 0.25) is 0 Å². The van der Waals surface area contributed by atoms with E-state index in [2.05, 4.69) is 5.32 Å². The first-order chi connectivity index (χ1) is 3.92. The maximum atomic E-state index is 9.87. The molecule has 0 aliphatic rings. The first kappa shape index (κ1) is 13.6. The second kappa shape index (κ2) is 5.68. The van der Waals surface area contributed by atoms with Crippen LogP contribution in [-0.2, 0) is 4.79 Å². The van der Waals surface area contributed by atoms with E-state index in [0.717, 1.165) is 0 Å². The third kappa shape index (κ3) is 11.8. The summed E-state index contributed by atoms with van der Waals surface area (Å²) < 4.78 is 0. The van der Waals surface area contributed by atoms with Crippen LogP contribution in [0.3, 0.4) is 0 Å². The van der Waals surface area contributed by atoms with Crippen molar-refractivity contribution in [2.75, 3.05) is 6.54 Å². The Morgan fingerprint density at radius 1 is 1.50 bits per heavy atom. The fourth-order valence-corrected chi connectivity index (χ4v) is 0.337. The Kier molecular flexibility index (Phi) is 7.75. The van der Waals surface area contributed by atoms with Crippen molar-refractivity contribution in [2.24, 2.45) is 0 Å². The zero-order chi connectivity index (χ0) is 7.49. The summed E-state index contributed by atoms with van der Waals surface area (Å²) in [5, 5.41) is 12.6. The van der Waals surface area contributed by atoms with Crippen LogP contribution in [0.5, 0.6) is 0 Å². The van der Waals surface area contributed by atoms with Crippen LogP contribution in [0.1, 0.15) is 20.8 Å². The summed E-state index contributed by atoms with van der Waals surface area (Å²) in [5.41, 5.74) is -0.139. The summed E-state index contributed by atoms with van der Waals surface area (Å²) in [6.07, 6.45) is 0. The second-order valence-electron chi connectivity index (χ2n) is 2.98. The van der Waals surface area contributed by atoms with Gasteiger partial charge in [0.2, 0.25) is 0 Å². The molecule has 0 amide bonds. The van der Waals surface area contributed by atoms with E-state index in [1.165, 1.54) is 0 Å². The fraction of sp³-hybridized carbons (Fsp3) is 0.833. The maximum Gasteiger partial charge on any atom is 1.00 e. The predicted molar refractivity (Wildman–Crippen MR) is 32.8 cm³/mol. The molecule has 0 aliphatic carbocycles. The molecule has 0 radical (unpaired) electrons. The summed E-state index contributed by atoms with van der Waals surface area (Å²) in [4.78, 5) is 9.87. The minimum Gasteiger partial charge on any atom is -0.549 e. The molecule has 0 aromatic carbocycles. The van der Waals surface area contributed by atoms with Gasteiger partial charge in [0, 0.05) is 12.1 Å². The number of carbonyl (C=O) groups is 1. The Labute approximate surface area is 104 Å². The molecule has 4 heteroatoms. The third-order valence-corrected chi connectivity index (χ3v) is 0.763. The molecule has 0 bridgehead atoms. The van der Waals surface area contributed by atoms with Gasteiger partial charge in [0.25, 0.3) is 0 Å². The van der Waals surface area contributed by atoms with Gasteiger partial charge in [0.15, 0.2) is 0 Å². The van der Waals surface area contributed by atoms with Gasteiger partial charge in [-0.1, -0.05) is 0 Å². The van der Waals surface area contributed by atoms with Crippen LogP contribution >= 0.6 is 0 Å². The molecule has 0 aliphatic heterocycles. The Balaban J connectivity index is 0. The van der Waals surface area contributed by atoms with Gasteiger partial charge >= 0.3 is 51.4 Å². The number of rotatable bonds is 2. The predicted octanol–water partition coefficient (Wildman–Crippen LogP) is -3.87. The number of carboxylic acid groups (broad SMARTS) is 1. The Hall–Kier alpha value is 1.07. The molecule has 0 saturated carbocycles. The van der Waals surface area contributed by atoms with Gasteiger partial charge in [-0.2, -0.15) is 0 Å². The summed E-state index contributed by atoms with van der Waals surface area (Å²) in [7, 11) is 0. The van der Waals surface area contributed by atoms with Crippen molar-refractivity contribution in [3.8, 4) is 0 Å². The molecule has 0 saturated heterocycles. The maximum absolute atomic E-state index is 9.87. The number of hydrogen-bond donors (Lipinski definition) is 1. The molecule has 0 fully saturated rings. The van der Waals surface area contributed by atoms with Crippen LogP contribution in [0.25, 0.3) is 0 Å². The number of hydrogen-bond acceptors (Lipinski definition) is 3. The summed E-state index contributed by atoms with van der Waals surface area (Å²) >= 11 is 0. The summed E-state index contributed by atoms with van der Waals surface area (Å²) in [6, 6.07) is 0. The Morgan fingerprint density at radius 2 is 1.90 bits per heavy atom. The molecular weight excluding hydrogens is 157 g/mol. The average Bonchev–Trinajstić information content (AvgIpc) is 1.59. The number of nitrogens with one attached hydrogen (secondary N) is 1. The van der Waals surface area contributed by atoms with E-state index in [4.69, 9.17) is 0 Å². The molecule has 1 N–H and O–H groups in total. The smallest absolute Gasteiger partial charge is 0.549 e. The molecule has 10 heavy (non-hydrogen) atoms. The van der Waals surface area contributed by atoms with Crippen molar-refractivity contribution in [2.45, 2.75) is 26.3 Å². The van der Waals surface area contributed by atoms with Crippen molar-refractivity contribution in [1.82, 2.24) is 5.32 Å². The molecule has 0 rings (SSSR count). The molecule has 0 unspecified atom stereocenters. The van der Waals surface area contributed by atoms with Gasteiger partial charge in [-0.25, -0.2) is 0 Å². The SMILES string of the molecule is CC(C)(C)NCC(=O)[O-].[K+]. The van der Waals surface area contributed by atoms with Crippen LogP contribution in [0.4, 0.5) is 0 Å². The van der Waals surface area contributed by atoms with E-state index < -0.39 is 5.97 Å². The van der Waals surface area contributed by atoms with Crippen molar-refractivity contribution in [1.29, 1.82) is 0 Å². The average molecular weight is 169 g/mol. The van der Waals surface area contributed by atoms with Gasteiger partial charge in [0.05, 0.1) is 5.97 Å². The van der Waals surface area contributed by atoms with Crippen molar-refractivity contribution in [3.63, 3.8) is 0 Å². The largest absolute Gasteiger partial charge is 1.00 e. The number of carbonyl (C=O) groups excluding carboxylic acids is 1. The van der Waals surface area contributed by atoms with Gasteiger partial charge < -0.3 is 15.2 Å². The van der Waals surface area contributed by atoms with Crippen LogP contribution in [0, 0.1) is 0 Å². The molecule has 3 nitrogen and oxygen atoms in total. The van der Waals surface area contributed by atoms with Crippen molar-refractivity contribution < 1.29 is 61.3 Å². The van der Waals surface area contributed by atoms with Gasteiger partial charge in [0.1, 0.15) is 0 Å². The van der Waals surface area contributed by atoms with Crippen LogP contribution < -0.4 is 61.8 Å². The van der Waals surface area contributed by atoms with Crippen LogP contribution in [-0.4, -0.2) is 18.1 Å².